The van der Waals surface area contributed by atoms with Crippen molar-refractivity contribution in [3.8, 4) is 6.07 Å². The summed E-state index contributed by atoms with van der Waals surface area (Å²) in [4.78, 5) is 0.117. The van der Waals surface area contributed by atoms with Gasteiger partial charge in [-0.3, -0.25) is 0 Å². The van der Waals surface area contributed by atoms with Gasteiger partial charge in [-0.1, -0.05) is 42.5 Å². The maximum absolute atomic E-state index is 13.6. The molecule has 1 aliphatic heterocycles. The summed E-state index contributed by atoms with van der Waals surface area (Å²) in [5, 5.41) is 10.1. The molecule has 0 spiro atoms. The van der Waals surface area contributed by atoms with Gasteiger partial charge in [0, 0.05) is 6.54 Å². The van der Waals surface area contributed by atoms with Crippen LogP contribution in [0.2, 0.25) is 0 Å². The van der Waals surface area contributed by atoms with Gasteiger partial charge in [-0.05, 0) is 71.5 Å². The zero-order chi connectivity index (χ0) is 22.7. The first-order valence-corrected chi connectivity index (χ1v) is 11.6. The van der Waals surface area contributed by atoms with Crippen molar-refractivity contribution in [1.29, 1.82) is 5.26 Å². The molecule has 162 valence electrons. The smallest absolute Gasteiger partial charge is 0.207 e. The summed E-state index contributed by atoms with van der Waals surface area (Å²) in [6, 6.07) is 20.7. The second-order valence-corrected chi connectivity index (χ2v) is 9.37. The summed E-state index contributed by atoms with van der Waals surface area (Å²) in [6.07, 6.45) is 1.01. The minimum Gasteiger partial charge on any atom is -0.207 e. The lowest BCUT2D eigenvalue weighted by atomic mass is 9.86. The third kappa shape index (κ3) is 4.20. The highest BCUT2D eigenvalue weighted by Gasteiger charge is 2.37. The van der Waals surface area contributed by atoms with Gasteiger partial charge in [0.05, 0.1) is 11.0 Å². The Balaban J connectivity index is 1.90. The van der Waals surface area contributed by atoms with Crippen molar-refractivity contribution in [3.05, 3.63) is 107 Å². The molecule has 1 heterocycles. The fourth-order valence-electron chi connectivity index (χ4n) is 4.03. The Morgan fingerprint density at radius 2 is 1.41 bits per heavy atom. The molecule has 4 nitrogen and oxygen atoms in total. The molecule has 1 atom stereocenters. The van der Waals surface area contributed by atoms with Crippen molar-refractivity contribution >= 4 is 15.6 Å². The predicted octanol–water partition coefficient (Wildman–Crippen LogP) is 5.14. The zero-order valence-electron chi connectivity index (χ0n) is 17.1. The van der Waals surface area contributed by atoms with E-state index < -0.39 is 27.7 Å². The summed E-state index contributed by atoms with van der Waals surface area (Å²) in [6.45, 7) is 0.207. The van der Waals surface area contributed by atoms with Crippen LogP contribution >= 0.6 is 0 Å². The van der Waals surface area contributed by atoms with Crippen LogP contribution in [0, 0.1) is 23.0 Å². The lowest BCUT2D eigenvalue weighted by molar-refractivity contribution is 0.352. The lowest BCUT2D eigenvalue weighted by Crippen LogP contribution is -2.44. The van der Waals surface area contributed by atoms with Crippen LogP contribution in [0.4, 0.5) is 8.78 Å². The van der Waals surface area contributed by atoms with Gasteiger partial charge in [-0.2, -0.15) is 9.57 Å². The molecule has 3 aromatic carbocycles. The van der Waals surface area contributed by atoms with E-state index in [0.717, 1.165) is 0 Å². The number of benzene rings is 3. The Morgan fingerprint density at radius 1 is 0.875 bits per heavy atom. The minimum atomic E-state index is -3.91. The van der Waals surface area contributed by atoms with Crippen LogP contribution in [0.15, 0.2) is 89.3 Å². The Hall–Kier alpha value is -3.34. The number of piperidine rings is 1. The highest BCUT2D eigenvalue weighted by Crippen LogP contribution is 2.37. The third-order valence-electron chi connectivity index (χ3n) is 5.50. The van der Waals surface area contributed by atoms with Crippen molar-refractivity contribution < 1.29 is 17.2 Å². The van der Waals surface area contributed by atoms with E-state index >= 15 is 0 Å². The van der Waals surface area contributed by atoms with Crippen LogP contribution in [0.25, 0.3) is 5.57 Å². The molecule has 0 N–H and O–H groups in total. The van der Waals surface area contributed by atoms with E-state index in [0.29, 0.717) is 35.1 Å². The summed E-state index contributed by atoms with van der Waals surface area (Å²) >= 11 is 0. The number of sulfonamides is 1. The quantitative estimate of drug-likeness (QED) is 0.553. The van der Waals surface area contributed by atoms with Crippen molar-refractivity contribution in [3.63, 3.8) is 0 Å². The summed E-state index contributed by atoms with van der Waals surface area (Å²) in [5.41, 5.74) is 2.49. The molecular formula is C25H20F2N2O2S. The second-order valence-electron chi connectivity index (χ2n) is 7.48. The third-order valence-corrected chi connectivity index (χ3v) is 7.38. The van der Waals surface area contributed by atoms with Crippen molar-refractivity contribution in [1.82, 2.24) is 4.31 Å². The molecule has 0 aromatic heterocycles. The summed E-state index contributed by atoms with van der Waals surface area (Å²) < 4.78 is 55.1. The molecule has 0 bridgehead atoms. The van der Waals surface area contributed by atoms with E-state index in [1.165, 1.54) is 40.7 Å². The fourth-order valence-corrected chi connectivity index (χ4v) is 5.62. The fraction of sp³-hybridized carbons (Fsp3) is 0.160. The maximum Gasteiger partial charge on any atom is 0.244 e. The van der Waals surface area contributed by atoms with Crippen molar-refractivity contribution in [2.24, 2.45) is 0 Å². The number of hydrogen-bond donors (Lipinski definition) is 0. The molecule has 0 aliphatic carbocycles. The van der Waals surface area contributed by atoms with E-state index in [4.69, 9.17) is 0 Å². The molecule has 0 amide bonds. The number of rotatable bonds is 4. The topological polar surface area (TPSA) is 61.2 Å². The molecule has 0 saturated carbocycles. The number of nitrogens with zero attached hydrogens (tertiary/aromatic N) is 2. The molecule has 1 saturated heterocycles. The Labute approximate surface area is 186 Å². The zero-order valence-corrected chi connectivity index (χ0v) is 17.9. The molecule has 1 unspecified atom stereocenters. The standard InChI is InChI=1S/C25H20F2N2O2S/c26-20-12-8-18(9-13-20)25(19-10-14-21(27)15-11-19)23-7-4-16-29(24(23)17-28)32(30,31)22-5-2-1-3-6-22/h1-3,5-6,8-15,24H,4,7,16H2. The first-order valence-electron chi connectivity index (χ1n) is 10.1. The minimum absolute atomic E-state index is 0.117. The van der Waals surface area contributed by atoms with Crippen molar-refractivity contribution in [2.45, 2.75) is 23.8 Å². The molecule has 3 aromatic rings. The monoisotopic (exact) mass is 450 g/mol. The Morgan fingerprint density at radius 3 is 1.91 bits per heavy atom. The molecule has 4 rings (SSSR count). The van der Waals surface area contributed by atoms with Gasteiger partial charge in [0.15, 0.2) is 0 Å². The van der Waals surface area contributed by atoms with Gasteiger partial charge < -0.3 is 0 Å². The van der Waals surface area contributed by atoms with Gasteiger partial charge in [0.25, 0.3) is 0 Å². The normalized spacial score (nSPS) is 17.0. The molecule has 1 aliphatic rings. The van der Waals surface area contributed by atoms with Crippen LogP contribution in [0.3, 0.4) is 0 Å². The average Bonchev–Trinajstić information content (AvgIpc) is 2.82. The number of halogens is 2. The van der Waals surface area contributed by atoms with E-state index in [2.05, 4.69) is 6.07 Å². The highest BCUT2D eigenvalue weighted by atomic mass is 32.2. The Kier molecular flexibility index (Phi) is 6.17. The van der Waals surface area contributed by atoms with Gasteiger partial charge >= 0.3 is 0 Å². The van der Waals surface area contributed by atoms with Gasteiger partial charge in [0.1, 0.15) is 17.7 Å². The SMILES string of the molecule is N#CC1C(=C(c2ccc(F)cc2)c2ccc(F)cc2)CCCN1S(=O)(=O)c1ccccc1. The van der Waals surface area contributed by atoms with Crippen LogP contribution in [0.5, 0.6) is 0 Å². The molecule has 0 radical (unpaired) electrons. The molecular weight excluding hydrogens is 430 g/mol. The maximum atomic E-state index is 13.6. The van der Waals surface area contributed by atoms with E-state index in [1.54, 1.807) is 42.5 Å². The van der Waals surface area contributed by atoms with Crippen LogP contribution in [0.1, 0.15) is 24.0 Å². The average molecular weight is 451 g/mol. The second kappa shape index (κ2) is 9.03. The number of hydrogen-bond acceptors (Lipinski definition) is 3. The van der Waals surface area contributed by atoms with Crippen LogP contribution in [-0.2, 0) is 10.0 Å². The van der Waals surface area contributed by atoms with Crippen LogP contribution in [-0.4, -0.2) is 25.3 Å². The first-order chi connectivity index (χ1) is 15.4. The Bertz CT molecular complexity index is 1230. The first kappa shape index (κ1) is 21.9. The molecule has 1 fully saturated rings. The summed E-state index contributed by atoms with van der Waals surface area (Å²) in [5.74, 6) is -0.822. The van der Waals surface area contributed by atoms with E-state index in [-0.39, 0.29) is 11.4 Å². The largest absolute Gasteiger partial charge is 0.244 e. The van der Waals surface area contributed by atoms with Gasteiger partial charge in [-0.15, -0.1) is 0 Å². The molecule has 32 heavy (non-hydrogen) atoms. The number of nitriles is 1. The molecule has 7 heteroatoms. The van der Waals surface area contributed by atoms with Crippen molar-refractivity contribution in [2.75, 3.05) is 6.54 Å². The van der Waals surface area contributed by atoms with E-state index in [9.17, 15) is 22.5 Å². The van der Waals surface area contributed by atoms with Gasteiger partial charge in [0.2, 0.25) is 10.0 Å². The predicted molar refractivity (Wildman–Crippen MR) is 118 cm³/mol. The lowest BCUT2D eigenvalue weighted by Gasteiger charge is -2.34. The summed E-state index contributed by atoms with van der Waals surface area (Å²) in [7, 11) is -3.91. The van der Waals surface area contributed by atoms with E-state index in [1.807, 2.05) is 0 Å². The van der Waals surface area contributed by atoms with Gasteiger partial charge in [-0.25, -0.2) is 17.2 Å². The highest BCUT2D eigenvalue weighted by molar-refractivity contribution is 7.89. The van der Waals surface area contributed by atoms with Crippen LogP contribution < -0.4 is 0 Å².